The smallest absolute Gasteiger partial charge is 0.170 e. The summed E-state index contributed by atoms with van der Waals surface area (Å²) in [5.74, 6) is 0.889. The summed E-state index contributed by atoms with van der Waals surface area (Å²) in [5, 5.41) is 7.37. The molecule has 144 valence electrons. The average molecular weight is 384 g/mol. The molecule has 0 spiro atoms. The fourth-order valence-corrected chi connectivity index (χ4v) is 3.73. The molecule has 0 aliphatic carbocycles. The second-order valence-electron chi connectivity index (χ2n) is 6.92. The van der Waals surface area contributed by atoms with Crippen molar-refractivity contribution >= 4 is 23.0 Å². The van der Waals surface area contributed by atoms with Crippen molar-refractivity contribution in [3.63, 3.8) is 0 Å². The first-order valence-corrected chi connectivity index (χ1v) is 10.1. The molecule has 1 saturated heterocycles. The molecule has 0 bridgehead atoms. The maximum absolute atomic E-state index is 5.52. The molecule has 3 rings (SSSR count). The van der Waals surface area contributed by atoms with E-state index in [1.165, 1.54) is 24.0 Å². The Bertz CT molecular complexity index is 724. The summed E-state index contributed by atoms with van der Waals surface area (Å²) in [4.78, 5) is 2.54. The number of nitrogens with zero attached hydrogens (tertiary/aromatic N) is 1. The van der Waals surface area contributed by atoms with Crippen LogP contribution in [0.25, 0.3) is 0 Å². The molecule has 0 aromatic heterocycles. The third-order valence-corrected chi connectivity index (χ3v) is 5.40. The third-order valence-electron chi connectivity index (χ3n) is 5.16. The summed E-state index contributed by atoms with van der Waals surface area (Å²) in [7, 11) is 1.70. The molecule has 1 heterocycles. The van der Waals surface area contributed by atoms with Crippen LogP contribution in [0.1, 0.15) is 36.9 Å². The zero-order valence-electron chi connectivity index (χ0n) is 16.2. The molecule has 5 heteroatoms. The van der Waals surface area contributed by atoms with Crippen LogP contribution in [0.15, 0.2) is 48.5 Å². The lowest BCUT2D eigenvalue weighted by Gasteiger charge is -2.29. The van der Waals surface area contributed by atoms with E-state index in [0.717, 1.165) is 37.5 Å². The van der Waals surface area contributed by atoms with Crippen molar-refractivity contribution in [2.75, 3.05) is 32.1 Å². The minimum absolute atomic E-state index is 0.306. The monoisotopic (exact) mass is 383 g/mol. The fourth-order valence-electron chi connectivity index (χ4n) is 3.53. The van der Waals surface area contributed by atoms with Crippen LogP contribution < -0.4 is 15.4 Å². The van der Waals surface area contributed by atoms with E-state index in [-0.39, 0.29) is 0 Å². The van der Waals surface area contributed by atoms with Crippen LogP contribution in [0.5, 0.6) is 5.75 Å². The van der Waals surface area contributed by atoms with Gasteiger partial charge < -0.3 is 15.4 Å². The van der Waals surface area contributed by atoms with Gasteiger partial charge in [-0.25, -0.2) is 0 Å². The predicted octanol–water partition coefficient (Wildman–Crippen LogP) is 4.38. The van der Waals surface area contributed by atoms with Gasteiger partial charge in [0.25, 0.3) is 0 Å². The Morgan fingerprint density at radius 1 is 1.07 bits per heavy atom. The Hall–Kier alpha value is -2.11. The van der Waals surface area contributed by atoms with E-state index in [1.807, 2.05) is 12.1 Å². The van der Waals surface area contributed by atoms with E-state index in [2.05, 4.69) is 58.9 Å². The standard InChI is InChI=1S/C22H29N3OS/c1-3-17-6-10-19(11-7-17)24-22(27)23-16-21(25-14-4-5-15-25)18-8-12-20(26-2)13-9-18/h6-13,21H,3-5,14-16H2,1-2H3,(H2,23,24,27)/t21-/m0/s1. The van der Waals surface area contributed by atoms with E-state index >= 15 is 0 Å². The SMILES string of the molecule is CCc1ccc(NC(=S)NC[C@@H](c2ccc(OC)cc2)N2CCCC2)cc1. The lowest BCUT2D eigenvalue weighted by molar-refractivity contribution is 0.246. The average Bonchev–Trinajstić information content (AvgIpc) is 3.24. The molecule has 1 fully saturated rings. The number of methoxy groups -OCH3 is 1. The topological polar surface area (TPSA) is 36.5 Å². The molecular formula is C22H29N3OS. The highest BCUT2D eigenvalue weighted by molar-refractivity contribution is 7.80. The molecule has 0 radical (unpaired) electrons. The Labute approximate surface area is 167 Å². The van der Waals surface area contributed by atoms with Gasteiger partial charge in [-0.05, 0) is 80.0 Å². The first-order valence-electron chi connectivity index (χ1n) is 9.71. The zero-order chi connectivity index (χ0) is 19.1. The van der Waals surface area contributed by atoms with E-state index in [1.54, 1.807) is 7.11 Å². The highest BCUT2D eigenvalue weighted by atomic mass is 32.1. The summed E-state index contributed by atoms with van der Waals surface area (Å²) in [6.45, 7) is 5.21. The molecule has 1 atom stereocenters. The number of hydrogen-bond donors (Lipinski definition) is 2. The van der Waals surface area contributed by atoms with Gasteiger partial charge in [0.1, 0.15) is 5.75 Å². The number of thiocarbonyl (C=S) groups is 1. The molecule has 2 aromatic carbocycles. The van der Waals surface area contributed by atoms with Crippen LogP contribution >= 0.6 is 12.2 Å². The quantitative estimate of drug-likeness (QED) is 0.694. The number of ether oxygens (including phenoxy) is 1. The van der Waals surface area contributed by atoms with Gasteiger partial charge in [0.05, 0.1) is 13.2 Å². The Kier molecular flexibility index (Phi) is 7.07. The van der Waals surface area contributed by atoms with Crippen molar-refractivity contribution < 1.29 is 4.74 Å². The van der Waals surface area contributed by atoms with Gasteiger partial charge in [-0.1, -0.05) is 31.2 Å². The summed E-state index contributed by atoms with van der Waals surface area (Å²) in [6.07, 6.45) is 3.57. The predicted molar refractivity (Wildman–Crippen MR) is 117 cm³/mol. The lowest BCUT2D eigenvalue weighted by Crippen LogP contribution is -2.38. The van der Waals surface area contributed by atoms with E-state index in [4.69, 9.17) is 17.0 Å². The maximum atomic E-state index is 5.52. The number of rotatable bonds is 7. The van der Waals surface area contributed by atoms with Crippen LogP contribution in [0.3, 0.4) is 0 Å². The van der Waals surface area contributed by atoms with Gasteiger partial charge >= 0.3 is 0 Å². The summed E-state index contributed by atoms with van der Waals surface area (Å²) >= 11 is 5.52. The molecule has 1 aliphatic heterocycles. The Morgan fingerprint density at radius 2 is 1.74 bits per heavy atom. The first kappa shape index (κ1) is 19.6. The number of aryl methyl sites for hydroxylation is 1. The summed E-state index contributed by atoms with van der Waals surface area (Å²) < 4.78 is 5.30. The third kappa shape index (κ3) is 5.44. The highest BCUT2D eigenvalue weighted by Gasteiger charge is 2.23. The minimum Gasteiger partial charge on any atom is -0.497 e. The fraction of sp³-hybridized carbons (Fsp3) is 0.409. The minimum atomic E-state index is 0.306. The molecule has 4 nitrogen and oxygen atoms in total. The van der Waals surface area contributed by atoms with E-state index in [9.17, 15) is 0 Å². The highest BCUT2D eigenvalue weighted by Crippen LogP contribution is 2.26. The Morgan fingerprint density at radius 3 is 2.33 bits per heavy atom. The lowest BCUT2D eigenvalue weighted by atomic mass is 10.1. The molecule has 27 heavy (non-hydrogen) atoms. The van der Waals surface area contributed by atoms with Crippen molar-refractivity contribution in [3.8, 4) is 5.75 Å². The van der Waals surface area contributed by atoms with Crippen molar-refractivity contribution in [2.45, 2.75) is 32.2 Å². The van der Waals surface area contributed by atoms with Crippen LogP contribution in [0.4, 0.5) is 5.69 Å². The molecule has 2 aromatic rings. The molecule has 2 N–H and O–H groups in total. The van der Waals surface area contributed by atoms with Gasteiger partial charge in [-0.3, -0.25) is 4.90 Å². The second kappa shape index (κ2) is 9.72. The zero-order valence-corrected chi connectivity index (χ0v) is 17.0. The molecular weight excluding hydrogens is 354 g/mol. The van der Waals surface area contributed by atoms with Crippen LogP contribution in [-0.2, 0) is 6.42 Å². The van der Waals surface area contributed by atoms with Crippen LogP contribution in [-0.4, -0.2) is 36.8 Å². The molecule has 0 saturated carbocycles. The van der Waals surface area contributed by atoms with Gasteiger partial charge in [0.2, 0.25) is 0 Å². The van der Waals surface area contributed by atoms with Crippen molar-refractivity contribution in [2.24, 2.45) is 0 Å². The first-order chi connectivity index (χ1) is 13.2. The van der Waals surface area contributed by atoms with Crippen molar-refractivity contribution in [3.05, 3.63) is 59.7 Å². The van der Waals surface area contributed by atoms with E-state index in [0.29, 0.717) is 11.2 Å². The van der Waals surface area contributed by atoms with Crippen molar-refractivity contribution in [1.29, 1.82) is 0 Å². The number of anilines is 1. The van der Waals surface area contributed by atoms with Crippen molar-refractivity contribution in [1.82, 2.24) is 10.2 Å². The maximum Gasteiger partial charge on any atom is 0.170 e. The van der Waals surface area contributed by atoms with Gasteiger partial charge in [-0.2, -0.15) is 0 Å². The van der Waals surface area contributed by atoms with Gasteiger partial charge in [-0.15, -0.1) is 0 Å². The molecule has 0 amide bonds. The number of nitrogens with one attached hydrogen (secondary N) is 2. The number of hydrogen-bond acceptors (Lipinski definition) is 3. The largest absolute Gasteiger partial charge is 0.497 e. The second-order valence-corrected chi connectivity index (χ2v) is 7.33. The van der Waals surface area contributed by atoms with Gasteiger partial charge in [0, 0.05) is 12.2 Å². The molecule has 0 unspecified atom stereocenters. The molecule has 1 aliphatic rings. The van der Waals surface area contributed by atoms with E-state index < -0.39 is 0 Å². The van der Waals surface area contributed by atoms with Gasteiger partial charge in [0.15, 0.2) is 5.11 Å². The summed E-state index contributed by atoms with van der Waals surface area (Å²) in [5.41, 5.74) is 3.64. The normalized spacial score (nSPS) is 15.3. The Balaban J connectivity index is 1.61. The van der Waals surface area contributed by atoms with Crippen LogP contribution in [0.2, 0.25) is 0 Å². The summed E-state index contributed by atoms with van der Waals surface area (Å²) in [6, 6.07) is 17.1. The number of likely N-dealkylation sites (tertiary alicyclic amines) is 1. The van der Waals surface area contributed by atoms with Crippen LogP contribution in [0, 0.1) is 0 Å². The number of benzene rings is 2.